The number of amides is 1. The number of nitrogens with one attached hydrogen (secondary N) is 2. The number of guanidine groups is 1. The van der Waals surface area contributed by atoms with E-state index < -0.39 is 0 Å². The smallest absolute Gasteiger partial charge is 0.229 e. The summed E-state index contributed by atoms with van der Waals surface area (Å²) in [6.07, 6.45) is 3.66. The second kappa shape index (κ2) is 10.8. The predicted molar refractivity (Wildman–Crippen MR) is 116 cm³/mol. The molecule has 0 aliphatic heterocycles. The Hall–Kier alpha value is -3.02. The van der Waals surface area contributed by atoms with E-state index in [0.717, 1.165) is 19.3 Å². The SMILES string of the molecule is NC(=NCCCNc1nonc1/C(Cc1ccc(F)c(Br)c1)=N/O)NC(=O)C1CCC1. The molecule has 1 saturated carbocycles. The van der Waals surface area contributed by atoms with Gasteiger partial charge in [0.1, 0.15) is 11.5 Å². The summed E-state index contributed by atoms with van der Waals surface area (Å²) in [5.74, 6) is 0.00696. The second-order valence-corrected chi connectivity index (χ2v) is 7.95. The molecule has 31 heavy (non-hydrogen) atoms. The highest BCUT2D eigenvalue weighted by Crippen LogP contribution is 2.26. The van der Waals surface area contributed by atoms with Gasteiger partial charge in [0.15, 0.2) is 17.5 Å². The zero-order chi connectivity index (χ0) is 22.2. The van der Waals surface area contributed by atoms with Crippen molar-refractivity contribution in [2.75, 3.05) is 18.4 Å². The number of carbonyl (C=O) groups excluding carboxylic acids is 1. The fourth-order valence-corrected chi connectivity index (χ4v) is 3.35. The number of benzene rings is 1. The zero-order valence-electron chi connectivity index (χ0n) is 16.6. The van der Waals surface area contributed by atoms with Gasteiger partial charge in [-0.3, -0.25) is 15.1 Å². The first-order valence-electron chi connectivity index (χ1n) is 9.80. The molecule has 1 aliphatic rings. The average molecular weight is 496 g/mol. The van der Waals surface area contributed by atoms with Gasteiger partial charge in [0.05, 0.1) is 4.47 Å². The summed E-state index contributed by atoms with van der Waals surface area (Å²) in [6, 6.07) is 4.49. The lowest BCUT2D eigenvalue weighted by Gasteiger charge is -2.23. The normalized spacial score (nSPS) is 14.9. The van der Waals surface area contributed by atoms with Gasteiger partial charge >= 0.3 is 0 Å². The summed E-state index contributed by atoms with van der Waals surface area (Å²) < 4.78 is 18.5. The van der Waals surface area contributed by atoms with E-state index in [0.29, 0.717) is 35.4 Å². The monoisotopic (exact) mass is 495 g/mol. The number of aliphatic imine (C=N–C) groups is 1. The lowest BCUT2D eigenvalue weighted by atomic mass is 9.85. The molecule has 12 heteroatoms. The van der Waals surface area contributed by atoms with Crippen LogP contribution in [0.15, 0.2) is 37.4 Å². The van der Waals surface area contributed by atoms with Gasteiger partial charge < -0.3 is 16.3 Å². The van der Waals surface area contributed by atoms with Crippen molar-refractivity contribution >= 4 is 39.3 Å². The van der Waals surface area contributed by atoms with Crippen LogP contribution in [-0.4, -0.2) is 46.2 Å². The van der Waals surface area contributed by atoms with E-state index in [1.807, 2.05) is 0 Å². The fourth-order valence-electron chi connectivity index (χ4n) is 2.93. The maximum Gasteiger partial charge on any atom is 0.229 e. The lowest BCUT2D eigenvalue weighted by molar-refractivity contribution is -0.125. The molecule has 2 aromatic rings. The maximum absolute atomic E-state index is 13.4. The Morgan fingerprint density at radius 1 is 1.39 bits per heavy atom. The minimum Gasteiger partial charge on any atom is -0.411 e. The number of aromatic nitrogens is 2. The Labute approximate surface area is 186 Å². The molecule has 0 spiro atoms. The number of anilines is 1. The van der Waals surface area contributed by atoms with Gasteiger partial charge in [-0.15, -0.1) is 0 Å². The summed E-state index contributed by atoms with van der Waals surface area (Å²) in [7, 11) is 0. The van der Waals surface area contributed by atoms with Gasteiger partial charge in [0.2, 0.25) is 5.91 Å². The van der Waals surface area contributed by atoms with Gasteiger partial charge in [0, 0.05) is 25.4 Å². The molecular weight excluding hydrogens is 473 g/mol. The molecule has 1 amide bonds. The van der Waals surface area contributed by atoms with Crippen LogP contribution in [0.3, 0.4) is 0 Å². The van der Waals surface area contributed by atoms with Crippen LogP contribution in [0.25, 0.3) is 0 Å². The van der Waals surface area contributed by atoms with Crippen LogP contribution in [0, 0.1) is 11.7 Å². The Balaban J connectivity index is 1.48. The van der Waals surface area contributed by atoms with Crippen molar-refractivity contribution in [1.29, 1.82) is 0 Å². The standard InChI is InChI=1S/C19H23BrFN7O3/c20-13-9-11(5-6-14(13)21)10-15(26-30)16-17(28-31-27-16)23-7-2-8-24-19(22)25-18(29)12-3-1-4-12/h5-6,9,12,30H,1-4,7-8,10H2,(H,23,28)(H3,22,24,25,29)/b26-15+. The number of oxime groups is 1. The summed E-state index contributed by atoms with van der Waals surface area (Å²) in [6.45, 7) is 0.865. The number of hydrogen-bond acceptors (Lipinski definition) is 8. The summed E-state index contributed by atoms with van der Waals surface area (Å²) in [5, 5.41) is 25.9. The van der Waals surface area contributed by atoms with Gasteiger partial charge in [0.25, 0.3) is 0 Å². The molecule has 10 nitrogen and oxygen atoms in total. The average Bonchev–Trinajstić information content (AvgIpc) is 3.15. The highest BCUT2D eigenvalue weighted by molar-refractivity contribution is 9.10. The molecule has 166 valence electrons. The van der Waals surface area contributed by atoms with Gasteiger partial charge in [-0.25, -0.2) is 9.02 Å². The van der Waals surface area contributed by atoms with Gasteiger partial charge in [-0.2, -0.15) is 0 Å². The quantitative estimate of drug-likeness (QED) is 0.137. The van der Waals surface area contributed by atoms with Crippen molar-refractivity contribution < 1.29 is 19.0 Å². The Morgan fingerprint density at radius 3 is 2.87 bits per heavy atom. The van der Waals surface area contributed by atoms with Gasteiger partial charge in [-0.1, -0.05) is 17.6 Å². The third-order valence-electron chi connectivity index (χ3n) is 4.87. The molecule has 1 aromatic carbocycles. The van der Waals surface area contributed by atoms with Crippen LogP contribution in [0.1, 0.15) is 36.9 Å². The molecular formula is C19H23BrFN7O3. The largest absolute Gasteiger partial charge is 0.411 e. The topological polar surface area (TPSA) is 151 Å². The Kier molecular flexibility index (Phi) is 7.93. The Morgan fingerprint density at radius 2 is 2.19 bits per heavy atom. The minimum absolute atomic E-state index is 0.0481. The van der Waals surface area contributed by atoms with E-state index in [9.17, 15) is 14.4 Å². The van der Waals surface area contributed by atoms with Crippen molar-refractivity contribution in [1.82, 2.24) is 15.6 Å². The lowest BCUT2D eigenvalue weighted by Crippen LogP contribution is -2.42. The summed E-state index contributed by atoms with van der Waals surface area (Å²) in [5.41, 5.74) is 6.91. The molecule has 0 bridgehead atoms. The zero-order valence-corrected chi connectivity index (χ0v) is 18.2. The van der Waals surface area contributed by atoms with Crippen molar-refractivity contribution in [3.05, 3.63) is 39.7 Å². The van der Waals surface area contributed by atoms with E-state index in [1.165, 1.54) is 6.07 Å². The highest BCUT2D eigenvalue weighted by atomic mass is 79.9. The molecule has 0 saturated heterocycles. The van der Waals surface area contributed by atoms with E-state index in [-0.39, 0.29) is 41.4 Å². The van der Waals surface area contributed by atoms with Crippen LogP contribution < -0.4 is 16.4 Å². The highest BCUT2D eigenvalue weighted by Gasteiger charge is 2.25. The number of nitrogens with zero attached hydrogens (tertiary/aromatic N) is 4. The van der Waals surface area contributed by atoms with E-state index >= 15 is 0 Å². The van der Waals surface area contributed by atoms with Crippen LogP contribution in [0.2, 0.25) is 0 Å². The molecule has 1 aromatic heterocycles. The van der Waals surface area contributed by atoms with Crippen molar-refractivity contribution in [2.24, 2.45) is 21.8 Å². The van der Waals surface area contributed by atoms with Crippen LogP contribution >= 0.6 is 15.9 Å². The third-order valence-corrected chi connectivity index (χ3v) is 5.48. The molecule has 1 heterocycles. The van der Waals surface area contributed by atoms with Crippen LogP contribution in [0.4, 0.5) is 10.2 Å². The molecule has 0 radical (unpaired) electrons. The molecule has 3 rings (SSSR count). The number of halogens is 2. The number of rotatable bonds is 9. The second-order valence-electron chi connectivity index (χ2n) is 7.10. The first-order chi connectivity index (χ1) is 15.0. The molecule has 5 N–H and O–H groups in total. The first kappa shape index (κ1) is 22.7. The molecule has 0 atom stereocenters. The van der Waals surface area contributed by atoms with E-state index in [2.05, 4.69) is 47.0 Å². The third kappa shape index (κ3) is 6.23. The van der Waals surface area contributed by atoms with E-state index in [1.54, 1.807) is 12.1 Å². The number of nitrogens with two attached hydrogens (primary N) is 1. The minimum atomic E-state index is -0.386. The van der Waals surface area contributed by atoms with Crippen molar-refractivity contribution in [2.45, 2.75) is 32.1 Å². The van der Waals surface area contributed by atoms with Gasteiger partial charge in [-0.05, 0) is 63.2 Å². The van der Waals surface area contributed by atoms with Crippen molar-refractivity contribution in [3.63, 3.8) is 0 Å². The predicted octanol–water partition coefficient (Wildman–Crippen LogP) is 2.43. The fraction of sp³-hybridized carbons (Fsp3) is 0.421. The number of hydrogen-bond donors (Lipinski definition) is 4. The number of carbonyl (C=O) groups is 1. The molecule has 0 unspecified atom stereocenters. The Bertz CT molecular complexity index is 975. The summed E-state index contributed by atoms with van der Waals surface area (Å²) in [4.78, 5) is 15.9. The molecule has 1 fully saturated rings. The first-order valence-corrected chi connectivity index (χ1v) is 10.6. The molecule has 1 aliphatic carbocycles. The maximum atomic E-state index is 13.4. The van der Waals surface area contributed by atoms with E-state index in [4.69, 9.17) is 10.4 Å². The van der Waals surface area contributed by atoms with Crippen LogP contribution in [-0.2, 0) is 11.2 Å². The summed E-state index contributed by atoms with van der Waals surface area (Å²) >= 11 is 3.13. The van der Waals surface area contributed by atoms with Crippen molar-refractivity contribution in [3.8, 4) is 0 Å². The van der Waals surface area contributed by atoms with Crippen LogP contribution in [0.5, 0.6) is 0 Å².